The second-order valence-corrected chi connectivity index (χ2v) is 8.23. The molecule has 2 fully saturated rings. The Morgan fingerprint density at radius 1 is 0.800 bits per heavy atom. The number of unbranched alkanes of at least 4 members (excludes halogenated alkanes) is 4. The first-order chi connectivity index (χ1) is 11.9. The first-order valence-electron chi connectivity index (χ1n) is 9.94. The maximum Gasteiger partial charge on any atom is 0.309 e. The topological polar surface area (TPSA) is 83.8 Å². The molecular weight excluding hydrogens is 320 g/mol. The van der Waals surface area contributed by atoms with Gasteiger partial charge >= 0.3 is 11.9 Å². The molecule has 0 heterocycles. The molecular formula is C20H34O5. The molecule has 0 aliphatic heterocycles. The van der Waals surface area contributed by atoms with E-state index in [9.17, 15) is 9.59 Å². The highest BCUT2D eigenvalue weighted by Gasteiger charge is 2.49. The molecule has 0 aromatic carbocycles. The van der Waals surface area contributed by atoms with Gasteiger partial charge < -0.3 is 14.9 Å². The largest absolute Gasteiger partial charge is 0.481 e. The van der Waals surface area contributed by atoms with Crippen LogP contribution >= 0.6 is 0 Å². The second kappa shape index (κ2) is 9.02. The number of methoxy groups -OCH3 is 1. The standard InChI is InChI=1S/C20H34O5/c1-25-16(8-4-2-6-10-19(12-13-19)17(21)22)9-5-3-7-11-20(14-15-20)18(23)24/h16H,2-15H2,1H3,(H,21,22)(H,23,24). The zero-order valence-corrected chi connectivity index (χ0v) is 15.6. The molecule has 0 aromatic heterocycles. The third-order valence-electron chi connectivity index (χ3n) is 6.31. The summed E-state index contributed by atoms with van der Waals surface area (Å²) in [6.07, 6.45) is 13.8. The molecule has 2 aliphatic rings. The lowest BCUT2D eigenvalue weighted by Gasteiger charge is -2.16. The van der Waals surface area contributed by atoms with E-state index >= 15 is 0 Å². The van der Waals surface area contributed by atoms with Gasteiger partial charge in [-0.25, -0.2) is 0 Å². The summed E-state index contributed by atoms with van der Waals surface area (Å²) in [6, 6.07) is 0. The second-order valence-electron chi connectivity index (χ2n) is 8.23. The van der Waals surface area contributed by atoms with E-state index in [1.165, 1.54) is 0 Å². The zero-order chi connectivity index (χ0) is 18.3. The highest BCUT2D eigenvalue weighted by Crippen LogP contribution is 2.50. The van der Waals surface area contributed by atoms with Crippen molar-refractivity contribution in [3.05, 3.63) is 0 Å². The van der Waals surface area contributed by atoms with Crippen LogP contribution in [0.15, 0.2) is 0 Å². The number of carboxylic acid groups (broad SMARTS) is 2. The molecule has 2 rings (SSSR count). The van der Waals surface area contributed by atoms with Gasteiger partial charge in [0.2, 0.25) is 0 Å². The van der Waals surface area contributed by atoms with Gasteiger partial charge in [0.25, 0.3) is 0 Å². The third-order valence-corrected chi connectivity index (χ3v) is 6.31. The van der Waals surface area contributed by atoms with Gasteiger partial charge in [0.1, 0.15) is 0 Å². The van der Waals surface area contributed by atoms with Gasteiger partial charge in [0.15, 0.2) is 0 Å². The van der Waals surface area contributed by atoms with E-state index < -0.39 is 11.9 Å². The fraction of sp³-hybridized carbons (Fsp3) is 0.900. The van der Waals surface area contributed by atoms with Crippen molar-refractivity contribution in [1.29, 1.82) is 0 Å². The Hall–Kier alpha value is -1.10. The van der Waals surface area contributed by atoms with Crippen molar-refractivity contribution in [1.82, 2.24) is 0 Å². The molecule has 0 atom stereocenters. The first kappa shape index (κ1) is 20.2. The van der Waals surface area contributed by atoms with Crippen molar-refractivity contribution in [3.63, 3.8) is 0 Å². The molecule has 2 N–H and O–H groups in total. The predicted octanol–water partition coefficient (Wildman–Crippen LogP) is 4.63. The average Bonchev–Trinajstić information content (AvgIpc) is 3.47. The number of hydrogen-bond acceptors (Lipinski definition) is 3. The fourth-order valence-corrected chi connectivity index (χ4v) is 3.85. The Morgan fingerprint density at radius 2 is 1.20 bits per heavy atom. The van der Waals surface area contributed by atoms with Crippen molar-refractivity contribution in [2.24, 2.45) is 10.8 Å². The van der Waals surface area contributed by atoms with Crippen LogP contribution in [0.25, 0.3) is 0 Å². The first-order valence-corrected chi connectivity index (χ1v) is 9.94. The number of aliphatic carboxylic acids is 2. The smallest absolute Gasteiger partial charge is 0.309 e. The van der Waals surface area contributed by atoms with Crippen LogP contribution < -0.4 is 0 Å². The minimum atomic E-state index is -0.613. The average molecular weight is 354 g/mol. The van der Waals surface area contributed by atoms with Crippen LogP contribution in [0.4, 0.5) is 0 Å². The van der Waals surface area contributed by atoms with Gasteiger partial charge in [0, 0.05) is 7.11 Å². The summed E-state index contributed by atoms with van der Waals surface area (Å²) in [6.45, 7) is 0. The minimum absolute atomic E-state index is 0.281. The summed E-state index contributed by atoms with van der Waals surface area (Å²) >= 11 is 0. The Kier molecular flexibility index (Phi) is 7.29. The number of carbonyl (C=O) groups is 2. The van der Waals surface area contributed by atoms with Gasteiger partial charge in [-0.2, -0.15) is 0 Å². The molecule has 0 unspecified atom stereocenters. The lowest BCUT2D eigenvalue weighted by Crippen LogP contribution is -2.15. The molecule has 0 bridgehead atoms. The van der Waals surface area contributed by atoms with Crippen molar-refractivity contribution >= 4 is 11.9 Å². The number of rotatable bonds is 15. The van der Waals surface area contributed by atoms with E-state index in [0.29, 0.717) is 0 Å². The lowest BCUT2D eigenvalue weighted by molar-refractivity contribution is -0.144. The van der Waals surface area contributed by atoms with Crippen LogP contribution in [0.1, 0.15) is 89.9 Å². The van der Waals surface area contributed by atoms with Gasteiger partial charge in [-0.05, 0) is 51.4 Å². The van der Waals surface area contributed by atoms with E-state index in [4.69, 9.17) is 14.9 Å². The van der Waals surface area contributed by atoms with E-state index in [1.54, 1.807) is 7.11 Å². The number of ether oxygens (including phenoxy) is 1. The summed E-state index contributed by atoms with van der Waals surface area (Å²) in [5, 5.41) is 18.3. The maximum absolute atomic E-state index is 11.1. The summed E-state index contributed by atoms with van der Waals surface area (Å²) in [4.78, 5) is 22.2. The molecule has 2 saturated carbocycles. The van der Waals surface area contributed by atoms with Crippen LogP contribution in [-0.4, -0.2) is 35.4 Å². The highest BCUT2D eigenvalue weighted by molar-refractivity contribution is 5.78. The molecule has 0 amide bonds. The Morgan fingerprint density at radius 3 is 1.48 bits per heavy atom. The van der Waals surface area contributed by atoms with Gasteiger partial charge in [-0.1, -0.05) is 38.5 Å². The molecule has 5 nitrogen and oxygen atoms in total. The molecule has 0 aromatic rings. The van der Waals surface area contributed by atoms with Gasteiger partial charge in [0.05, 0.1) is 16.9 Å². The molecule has 5 heteroatoms. The molecule has 0 spiro atoms. The Bertz CT molecular complexity index is 411. The SMILES string of the molecule is COC(CCCCCC1(C(=O)O)CC1)CCCCCC1(C(=O)O)CC1. The minimum Gasteiger partial charge on any atom is -0.481 e. The van der Waals surface area contributed by atoms with Crippen LogP contribution in [0.2, 0.25) is 0 Å². The quantitative estimate of drug-likeness (QED) is 0.419. The monoisotopic (exact) mass is 354 g/mol. The van der Waals surface area contributed by atoms with Crippen molar-refractivity contribution in [3.8, 4) is 0 Å². The summed E-state index contributed by atoms with van der Waals surface area (Å²) in [7, 11) is 1.76. The maximum atomic E-state index is 11.1. The lowest BCUT2D eigenvalue weighted by atomic mass is 9.96. The van der Waals surface area contributed by atoms with Crippen molar-refractivity contribution in [2.75, 3.05) is 7.11 Å². The summed E-state index contributed by atoms with van der Waals surface area (Å²) in [5.41, 5.74) is -0.759. The zero-order valence-electron chi connectivity index (χ0n) is 15.6. The fourth-order valence-electron chi connectivity index (χ4n) is 3.85. The van der Waals surface area contributed by atoms with Crippen LogP contribution in [0, 0.1) is 10.8 Å². The number of hydrogen-bond donors (Lipinski definition) is 2. The van der Waals surface area contributed by atoms with Crippen LogP contribution in [-0.2, 0) is 14.3 Å². The summed E-state index contributed by atoms with van der Waals surface area (Å²) in [5.74, 6) is -1.23. The van der Waals surface area contributed by atoms with E-state index in [1.807, 2.05) is 0 Å². The Labute approximate surface area is 151 Å². The van der Waals surface area contributed by atoms with Gasteiger partial charge in [-0.15, -0.1) is 0 Å². The molecule has 0 saturated heterocycles. The molecule has 2 aliphatic carbocycles. The molecule has 0 radical (unpaired) electrons. The van der Waals surface area contributed by atoms with E-state index in [-0.39, 0.29) is 16.9 Å². The highest BCUT2D eigenvalue weighted by atomic mass is 16.5. The molecule has 144 valence electrons. The molecule has 25 heavy (non-hydrogen) atoms. The van der Waals surface area contributed by atoms with E-state index in [0.717, 1.165) is 89.9 Å². The Balaban J connectivity index is 1.46. The van der Waals surface area contributed by atoms with E-state index in [2.05, 4.69) is 0 Å². The van der Waals surface area contributed by atoms with Crippen LogP contribution in [0.3, 0.4) is 0 Å². The summed E-state index contributed by atoms with van der Waals surface area (Å²) < 4.78 is 5.56. The van der Waals surface area contributed by atoms with Gasteiger partial charge in [-0.3, -0.25) is 9.59 Å². The third kappa shape index (κ3) is 5.98. The number of carboxylic acids is 2. The predicted molar refractivity (Wildman–Crippen MR) is 95.6 cm³/mol. The van der Waals surface area contributed by atoms with Crippen LogP contribution in [0.5, 0.6) is 0 Å². The van der Waals surface area contributed by atoms with Crippen molar-refractivity contribution < 1.29 is 24.5 Å². The van der Waals surface area contributed by atoms with Crippen molar-refractivity contribution in [2.45, 2.75) is 96.0 Å². The normalized spacial score (nSPS) is 19.8.